The van der Waals surface area contributed by atoms with Crippen molar-refractivity contribution in [1.82, 2.24) is 15.2 Å². The van der Waals surface area contributed by atoms with E-state index in [1.54, 1.807) is 18.2 Å². The van der Waals surface area contributed by atoms with Crippen LogP contribution in [-0.2, 0) is 9.84 Å². The van der Waals surface area contributed by atoms with E-state index in [0.29, 0.717) is 18.8 Å². The van der Waals surface area contributed by atoms with Crippen LogP contribution in [0.5, 0.6) is 0 Å². The smallest absolute Gasteiger partial charge is 0.249 e. The van der Waals surface area contributed by atoms with Crippen molar-refractivity contribution in [3.05, 3.63) is 36.3 Å². The van der Waals surface area contributed by atoms with Gasteiger partial charge in [0.1, 0.15) is 5.82 Å². The maximum Gasteiger partial charge on any atom is 0.249 e. The number of benzene rings is 1. The summed E-state index contributed by atoms with van der Waals surface area (Å²) in [6.45, 7) is 2.52. The predicted molar refractivity (Wildman–Crippen MR) is 89.6 cm³/mol. The lowest BCUT2D eigenvalue weighted by atomic mass is 10.2. The molecule has 0 aliphatic carbocycles. The zero-order chi connectivity index (χ0) is 17.2. The van der Waals surface area contributed by atoms with E-state index in [4.69, 9.17) is 0 Å². The zero-order valence-electron chi connectivity index (χ0n) is 13.2. The number of hydrogen-bond donors (Lipinski definition) is 1. The molecule has 1 fully saturated rings. The molecule has 1 aliphatic heterocycles. The molecule has 24 heavy (non-hydrogen) atoms. The van der Waals surface area contributed by atoms with Gasteiger partial charge < -0.3 is 10.2 Å². The van der Waals surface area contributed by atoms with Gasteiger partial charge in [0.25, 0.3) is 0 Å². The topological polar surface area (TPSA) is 88.1 Å². The van der Waals surface area contributed by atoms with Gasteiger partial charge >= 0.3 is 0 Å². The van der Waals surface area contributed by atoms with Crippen molar-refractivity contribution in [2.75, 3.05) is 28.3 Å². The number of rotatable bonds is 5. The Labute approximate surface area is 139 Å². The summed E-state index contributed by atoms with van der Waals surface area (Å²) in [5, 5.41) is 10.6. The fourth-order valence-corrected chi connectivity index (χ4v) is 4.53. The Kier molecular flexibility index (Phi) is 4.61. The average Bonchev–Trinajstić information content (AvgIpc) is 2.91. The lowest BCUT2D eigenvalue weighted by Crippen LogP contribution is -2.37. The summed E-state index contributed by atoms with van der Waals surface area (Å²) in [6, 6.07) is 6.08. The zero-order valence-corrected chi connectivity index (χ0v) is 14.0. The van der Waals surface area contributed by atoms with Crippen molar-refractivity contribution < 1.29 is 12.8 Å². The summed E-state index contributed by atoms with van der Waals surface area (Å²) < 4.78 is 37.1. The Balaban J connectivity index is 1.83. The highest BCUT2D eigenvalue weighted by Gasteiger charge is 2.32. The van der Waals surface area contributed by atoms with Crippen LogP contribution in [0.4, 0.5) is 21.8 Å². The van der Waals surface area contributed by atoms with Gasteiger partial charge in [-0.15, -0.1) is 5.10 Å². The minimum Gasteiger partial charge on any atom is -0.351 e. The second-order valence-corrected chi connectivity index (χ2v) is 7.81. The van der Waals surface area contributed by atoms with Crippen molar-refractivity contribution in [2.24, 2.45) is 0 Å². The summed E-state index contributed by atoms with van der Waals surface area (Å²) in [4.78, 5) is 6.25. The number of nitrogens with one attached hydrogen (secondary N) is 1. The summed E-state index contributed by atoms with van der Waals surface area (Å²) >= 11 is 0. The van der Waals surface area contributed by atoms with E-state index in [-0.39, 0.29) is 29.2 Å². The van der Waals surface area contributed by atoms with Gasteiger partial charge in [-0.1, -0.05) is 12.1 Å². The molecule has 1 saturated heterocycles. The van der Waals surface area contributed by atoms with Crippen LogP contribution in [-0.4, -0.2) is 47.7 Å². The van der Waals surface area contributed by atoms with Gasteiger partial charge in [-0.2, -0.15) is 10.1 Å². The highest BCUT2D eigenvalue weighted by atomic mass is 32.2. The summed E-state index contributed by atoms with van der Waals surface area (Å²) in [5.74, 6) is 0.569. The van der Waals surface area contributed by atoms with Crippen molar-refractivity contribution >= 4 is 27.3 Å². The Morgan fingerprint density at radius 1 is 1.38 bits per heavy atom. The van der Waals surface area contributed by atoms with Crippen molar-refractivity contribution in [2.45, 2.75) is 19.4 Å². The second-order valence-electron chi connectivity index (χ2n) is 5.59. The van der Waals surface area contributed by atoms with Crippen LogP contribution < -0.4 is 10.2 Å². The number of sulfone groups is 1. The molecule has 1 aromatic carbocycles. The molecule has 7 nitrogen and oxygen atoms in total. The second kappa shape index (κ2) is 6.68. The molecule has 0 spiro atoms. The highest BCUT2D eigenvalue weighted by molar-refractivity contribution is 7.91. The predicted octanol–water partition coefficient (Wildman–Crippen LogP) is 1.77. The molecule has 1 atom stereocenters. The largest absolute Gasteiger partial charge is 0.351 e. The van der Waals surface area contributed by atoms with Gasteiger partial charge in [0.2, 0.25) is 5.95 Å². The summed E-state index contributed by atoms with van der Waals surface area (Å²) in [5.41, 5.74) is 0.253. The third kappa shape index (κ3) is 3.61. The number of hydrogen-bond acceptors (Lipinski definition) is 7. The molecule has 0 radical (unpaired) electrons. The first-order valence-corrected chi connectivity index (χ1v) is 9.49. The third-order valence-electron chi connectivity index (χ3n) is 3.95. The molecule has 0 amide bonds. The van der Waals surface area contributed by atoms with Crippen LogP contribution in [0.25, 0.3) is 0 Å². The van der Waals surface area contributed by atoms with Crippen LogP contribution in [0.15, 0.2) is 30.5 Å². The van der Waals surface area contributed by atoms with Gasteiger partial charge in [-0.25, -0.2) is 12.8 Å². The van der Waals surface area contributed by atoms with Crippen molar-refractivity contribution in [1.29, 1.82) is 0 Å². The standard InChI is InChI=1S/C15H18FN5O2S/c1-2-21(11-7-8-24(22,23)10-11)14-9-17-20-15(19-14)18-13-6-4-3-5-12(13)16/h3-6,9,11H,2,7-8,10H2,1H3,(H,18,19,20). The van der Waals surface area contributed by atoms with Crippen LogP contribution in [0.3, 0.4) is 0 Å². The first-order chi connectivity index (χ1) is 11.5. The summed E-state index contributed by atoms with van der Waals surface area (Å²) in [6.07, 6.45) is 2.05. The summed E-state index contributed by atoms with van der Waals surface area (Å²) in [7, 11) is -2.99. The normalized spacial score (nSPS) is 19.2. The molecule has 2 aromatic rings. The lowest BCUT2D eigenvalue weighted by molar-refractivity contribution is 0.599. The SMILES string of the molecule is CCN(c1cnnc(Nc2ccccc2F)n1)C1CCS(=O)(=O)C1. The molecule has 0 bridgehead atoms. The molecule has 3 rings (SSSR count). The number of para-hydroxylation sites is 1. The Morgan fingerprint density at radius 3 is 2.83 bits per heavy atom. The van der Waals surface area contributed by atoms with E-state index < -0.39 is 15.7 Å². The van der Waals surface area contributed by atoms with Gasteiger partial charge in [0, 0.05) is 12.6 Å². The molecular weight excluding hydrogens is 333 g/mol. The fourth-order valence-electron chi connectivity index (χ4n) is 2.80. The van der Waals surface area contributed by atoms with E-state index in [1.807, 2.05) is 11.8 Å². The highest BCUT2D eigenvalue weighted by Crippen LogP contribution is 2.23. The molecule has 2 heterocycles. The minimum absolute atomic E-state index is 0.112. The first-order valence-electron chi connectivity index (χ1n) is 7.67. The molecule has 0 saturated carbocycles. The van der Waals surface area contributed by atoms with Crippen LogP contribution in [0.1, 0.15) is 13.3 Å². The quantitative estimate of drug-likeness (QED) is 0.878. The maximum atomic E-state index is 13.7. The van der Waals surface area contributed by atoms with E-state index >= 15 is 0 Å². The molecule has 1 aliphatic rings. The van der Waals surface area contributed by atoms with Crippen molar-refractivity contribution in [3.8, 4) is 0 Å². The fraction of sp³-hybridized carbons (Fsp3) is 0.400. The minimum atomic E-state index is -2.99. The number of nitrogens with zero attached hydrogens (tertiary/aromatic N) is 4. The Morgan fingerprint density at radius 2 is 2.17 bits per heavy atom. The van der Waals surface area contributed by atoms with E-state index in [1.165, 1.54) is 12.3 Å². The van der Waals surface area contributed by atoms with Crippen LogP contribution in [0.2, 0.25) is 0 Å². The first kappa shape index (κ1) is 16.6. The maximum absolute atomic E-state index is 13.7. The van der Waals surface area contributed by atoms with Crippen molar-refractivity contribution in [3.63, 3.8) is 0 Å². The Hall–Kier alpha value is -2.29. The van der Waals surface area contributed by atoms with Crippen LogP contribution >= 0.6 is 0 Å². The molecule has 1 N–H and O–H groups in total. The molecule has 1 aromatic heterocycles. The van der Waals surface area contributed by atoms with Gasteiger partial charge in [0.15, 0.2) is 15.7 Å². The average molecular weight is 351 g/mol. The molecule has 128 valence electrons. The lowest BCUT2D eigenvalue weighted by Gasteiger charge is -2.27. The third-order valence-corrected chi connectivity index (χ3v) is 5.70. The molecular formula is C15H18FN5O2S. The van der Waals surface area contributed by atoms with Gasteiger partial charge in [-0.3, -0.25) is 0 Å². The van der Waals surface area contributed by atoms with Gasteiger partial charge in [0.05, 0.1) is 23.4 Å². The number of anilines is 3. The van der Waals surface area contributed by atoms with E-state index in [9.17, 15) is 12.8 Å². The molecule has 1 unspecified atom stereocenters. The van der Waals surface area contributed by atoms with E-state index in [0.717, 1.165) is 0 Å². The number of halogens is 1. The monoisotopic (exact) mass is 351 g/mol. The van der Waals surface area contributed by atoms with E-state index in [2.05, 4.69) is 20.5 Å². The Bertz CT molecular complexity index is 830. The molecule has 9 heteroatoms. The number of aromatic nitrogens is 3. The van der Waals surface area contributed by atoms with Crippen LogP contribution in [0, 0.1) is 5.82 Å². The van der Waals surface area contributed by atoms with Gasteiger partial charge in [-0.05, 0) is 25.5 Å².